The fraction of sp³-hybridized carbons (Fsp3) is 0.276. The van der Waals surface area contributed by atoms with Crippen molar-refractivity contribution in [2.24, 2.45) is 0 Å². The molecule has 0 aliphatic carbocycles. The number of nitrogens with zero attached hydrogens (tertiary/aromatic N) is 3. The first-order chi connectivity index (χ1) is 16.1. The van der Waals surface area contributed by atoms with E-state index in [2.05, 4.69) is 94.0 Å². The molecular weight excluding hydrogens is 406 g/mol. The highest BCUT2D eigenvalue weighted by Crippen LogP contribution is 2.20. The molecule has 5 rings (SSSR count). The maximum Gasteiger partial charge on any atom is 0.113 e. The maximum absolute atomic E-state index is 9.68. The third kappa shape index (κ3) is 5.17. The van der Waals surface area contributed by atoms with Crippen LogP contribution in [0.4, 0.5) is 0 Å². The monoisotopic (exact) mass is 435 g/mol. The van der Waals surface area contributed by atoms with Crippen molar-refractivity contribution in [2.75, 3.05) is 19.6 Å². The van der Waals surface area contributed by atoms with Crippen molar-refractivity contribution >= 4 is 10.9 Å². The number of aliphatic hydroxyl groups excluding tert-OH is 1. The van der Waals surface area contributed by atoms with E-state index < -0.39 is 0 Å². The summed E-state index contributed by atoms with van der Waals surface area (Å²) < 4.78 is 2.31. The Hall–Kier alpha value is -3.39. The molecule has 0 amide bonds. The number of fused-ring (bicyclic) bond motifs is 1. The molecule has 2 aromatic carbocycles. The molecule has 0 unspecified atom stereocenters. The number of aromatic nitrogens is 2. The summed E-state index contributed by atoms with van der Waals surface area (Å²) in [6.07, 6.45) is 5.71. The van der Waals surface area contributed by atoms with E-state index in [0.717, 1.165) is 55.8 Å². The lowest BCUT2D eigenvalue weighted by Crippen LogP contribution is -2.37. The van der Waals surface area contributed by atoms with Crippen LogP contribution in [-0.4, -0.2) is 45.3 Å². The molecule has 1 fully saturated rings. The summed E-state index contributed by atoms with van der Waals surface area (Å²) in [7, 11) is 0. The van der Waals surface area contributed by atoms with Gasteiger partial charge in [0.2, 0.25) is 0 Å². The number of piperidine rings is 1. The number of hydrogen-bond acceptors (Lipinski definition) is 3. The third-order valence-corrected chi connectivity index (χ3v) is 6.47. The fourth-order valence-electron chi connectivity index (χ4n) is 4.39. The van der Waals surface area contributed by atoms with E-state index >= 15 is 0 Å². The zero-order valence-electron chi connectivity index (χ0n) is 19.0. The van der Waals surface area contributed by atoms with Gasteiger partial charge >= 0.3 is 0 Å². The van der Waals surface area contributed by atoms with E-state index in [1.807, 2.05) is 12.3 Å². The molecule has 0 bridgehead atoms. The Kier molecular flexibility index (Phi) is 6.26. The average molecular weight is 436 g/mol. The summed E-state index contributed by atoms with van der Waals surface area (Å²) in [5, 5.41) is 10.9. The van der Waals surface area contributed by atoms with Crippen molar-refractivity contribution in [3.63, 3.8) is 0 Å². The zero-order chi connectivity index (χ0) is 22.6. The van der Waals surface area contributed by atoms with Crippen LogP contribution < -0.4 is 0 Å². The summed E-state index contributed by atoms with van der Waals surface area (Å²) in [5.41, 5.74) is 6.52. The highest BCUT2D eigenvalue weighted by atomic mass is 16.3. The minimum atomic E-state index is -0.116. The summed E-state index contributed by atoms with van der Waals surface area (Å²) in [4.78, 5) is 6.97. The smallest absolute Gasteiger partial charge is 0.113 e. The second-order valence-corrected chi connectivity index (χ2v) is 8.90. The molecule has 0 radical (unpaired) electrons. The summed E-state index contributed by atoms with van der Waals surface area (Å²) >= 11 is 0. The first-order valence-corrected chi connectivity index (χ1v) is 11.7. The van der Waals surface area contributed by atoms with Crippen LogP contribution in [0, 0.1) is 18.8 Å². The summed E-state index contributed by atoms with van der Waals surface area (Å²) in [6, 6.07) is 21.1. The number of rotatable bonds is 4. The molecule has 1 N–H and O–H groups in total. The molecule has 166 valence electrons. The minimum absolute atomic E-state index is 0.116. The van der Waals surface area contributed by atoms with Crippen LogP contribution in [-0.2, 0) is 6.54 Å². The second kappa shape index (κ2) is 9.62. The van der Waals surface area contributed by atoms with Crippen molar-refractivity contribution in [2.45, 2.75) is 32.4 Å². The Morgan fingerprint density at radius 1 is 0.909 bits per heavy atom. The minimum Gasteiger partial charge on any atom is -0.393 e. The van der Waals surface area contributed by atoms with Crippen LogP contribution in [0.15, 0.2) is 73.1 Å². The maximum atomic E-state index is 9.68. The van der Waals surface area contributed by atoms with Crippen molar-refractivity contribution in [1.82, 2.24) is 14.5 Å². The molecule has 33 heavy (non-hydrogen) atoms. The van der Waals surface area contributed by atoms with Crippen LogP contribution in [0.2, 0.25) is 0 Å². The van der Waals surface area contributed by atoms with E-state index in [0.29, 0.717) is 0 Å². The predicted octanol–water partition coefficient (Wildman–Crippen LogP) is 4.87. The third-order valence-electron chi connectivity index (χ3n) is 6.47. The van der Waals surface area contributed by atoms with Gasteiger partial charge in [-0.2, -0.15) is 0 Å². The van der Waals surface area contributed by atoms with Gasteiger partial charge in [-0.15, -0.1) is 0 Å². The quantitative estimate of drug-likeness (QED) is 0.465. The Labute approximate surface area is 195 Å². The van der Waals surface area contributed by atoms with E-state index in [-0.39, 0.29) is 6.10 Å². The number of likely N-dealkylation sites (tertiary alicyclic amines) is 1. The molecule has 0 atom stereocenters. The van der Waals surface area contributed by atoms with Gasteiger partial charge in [0.1, 0.15) is 5.69 Å². The summed E-state index contributed by atoms with van der Waals surface area (Å²) in [5.74, 6) is 6.46. The lowest BCUT2D eigenvalue weighted by atomic mass is 10.1. The number of aryl methyl sites for hydroxylation is 1. The van der Waals surface area contributed by atoms with Gasteiger partial charge in [0.25, 0.3) is 0 Å². The van der Waals surface area contributed by atoms with Crippen LogP contribution in [0.1, 0.15) is 29.7 Å². The van der Waals surface area contributed by atoms with Gasteiger partial charge < -0.3 is 14.6 Å². The van der Waals surface area contributed by atoms with E-state index in [9.17, 15) is 5.11 Å². The normalized spacial score (nSPS) is 14.8. The van der Waals surface area contributed by atoms with Gasteiger partial charge in [0.15, 0.2) is 0 Å². The van der Waals surface area contributed by atoms with E-state index in [4.69, 9.17) is 0 Å². The highest BCUT2D eigenvalue weighted by molar-refractivity contribution is 5.81. The van der Waals surface area contributed by atoms with Crippen LogP contribution in [0.3, 0.4) is 0 Å². The predicted molar refractivity (Wildman–Crippen MR) is 134 cm³/mol. The zero-order valence-corrected chi connectivity index (χ0v) is 19.0. The van der Waals surface area contributed by atoms with Gasteiger partial charge in [-0.05, 0) is 61.6 Å². The first kappa shape index (κ1) is 21.5. The van der Waals surface area contributed by atoms with Crippen LogP contribution in [0.25, 0.3) is 22.0 Å². The largest absolute Gasteiger partial charge is 0.393 e. The van der Waals surface area contributed by atoms with Crippen molar-refractivity contribution < 1.29 is 5.11 Å². The van der Waals surface area contributed by atoms with Gasteiger partial charge in [-0.25, -0.2) is 4.98 Å². The average Bonchev–Trinajstić information content (AvgIpc) is 3.25. The molecule has 4 heteroatoms. The number of hydrogen-bond donors (Lipinski definition) is 1. The standard InChI is InChI=1S/C29H29N3O/c1-22-2-6-24(7-3-22)26-8-10-27(30-21-26)9-4-23-5-11-29-25(20-23)12-17-32(29)19-18-31-15-13-28(33)14-16-31/h2-3,5-8,10-12,17,20-21,28,33H,13-16,18-19H2,1H3. The molecule has 1 aliphatic rings. The molecule has 3 heterocycles. The number of benzene rings is 2. The molecule has 4 aromatic rings. The van der Waals surface area contributed by atoms with Crippen LogP contribution >= 0.6 is 0 Å². The van der Waals surface area contributed by atoms with Crippen molar-refractivity contribution in [1.29, 1.82) is 0 Å². The van der Waals surface area contributed by atoms with Crippen molar-refractivity contribution in [3.8, 4) is 23.0 Å². The van der Waals surface area contributed by atoms with E-state index in [1.165, 1.54) is 22.0 Å². The lowest BCUT2D eigenvalue weighted by Gasteiger charge is -2.29. The Morgan fingerprint density at radius 3 is 2.45 bits per heavy atom. The molecule has 2 aromatic heterocycles. The number of aliphatic hydroxyl groups is 1. The molecule has 0 spiro atoms. The Bertz CT molecular complexity index is 1280. The Balaban J connectivity index is 1.25. The molecule has 1 saturated heterocycles. The molecule has 0 saturated carbocycles. The highest BCUT2D eigenvalue weighted by Gasteiger charge is 2.16. The van der Waals surface area contributed by atoms with Crippen molar-refractivity contribution in [3.05, 3.63) is 89.9 Å². The van der Waals surface area contributed by atoms with Gasteiger partial charge in [0.05, 0.1) is 6.10 Å². The lowest BCUT2D eigenvalue weighted by molar-refractivity contribution is 0.0811. The molecule has 4 nitrogen and oxygen atoms in total. The first-order valence-electron chi connectivity index (χ1n) is 11.7. The summed E-state index contributed by atoms with van der Waals surface area (Å²) in [6.45, 7) is 6.04. The van der Waals surface area contributed by atoms with Gasteiger partial charge in [-0.3, -0.25) is 0 Å². The van der Waals surface area contributed by atoms with Gasteiger partial charge in [0, 0.05) is 60.6 Å². The second-order valence-electron chi connectivity index (χ2n) is 8.90. The number of pyridine rings is 1. The SMILES string of the molecule is Cc1ccc(-c2ccc(C#Cc3ccc4c(ccn4CCN4CCC(O)CC4)c3)nc2)cc1. The fourth-order valence-corrected chi connectivity index (χ4v) is 4.39. The Morgan fingerprint density at radius 2 is 1.70 bits per heavy atom. The topological polar surface area (TPSA) is 41.3 Å². The van der Waals surface area contributed by atoms with Gasteiger partial charge in [-0.1, -0.05) is 41.8 Å². The molecule has 1 aliphatic heterocycles. The van der Waals surface area contributed by atoms with E-state index in [1.54, 1.807) is 0 Å². The molecular formula is C29H29N3O. The van der Waals surface area contributed by atoms with Crippen LogP contribution in [0.5, 0.6) is 0 Å².